The standard InChI is InChI=1S/C27H37FN4O2/c1-29(2)23-9-12-26(28)25(21-23)27(33)32-18-16-31(17-19-32)22-7-10-24(11-8-22)34-20-6-15-30-13-4-3-5-14-30/h7-12,21H,3-6,13-20H2,1-2H3. The fraction of sp³-hybridized carbons (Fsp3) is 0.519. The third kappa shape index (κ3) is 6.20. The van der Waals surface area contributed by atoms with E-state index in [1.54, 1.807) is 17.0 Å². The molecule has 2 heterocycles. The quantitative estimate of drug-likeness (QED) is 0.546. The van der Waals surface area contributed by atoms with Gasteiger partial charge in [-0.2, -0.15) is 0 Å². The van der Waals surface area contributed by atoms with Gasteiger partial charge < -0.3 is 24.3 Å². The van der Waals surface area contributed by atoms with Gasteiger partial charge in [-0.05, 0) is 74.8 Å². The molecule has 2 aliphatic rings. The molecular weight excluding hydrogens is 431 g/mol. The van der Waals surface area contributed by atoms with Crippen LogP contribution < -0.4 is 14.5 Å². The number of amides is 1. The Morgan fingerprint density at radius 3 is 2.32 bits per heavy atom. The summed E-state index contributed by atoms with van der Waals surface area (Å²) < 4.78 is 20.3. The Bertz CT molecular complexity index is 936. The molecule has 0 unspecified atom stereocenters. The van der Waals surface area contributed by atoms with E-state index < -0.39 is 5.82 Å². The number of piperidine rings is 1. The molecule has 4 rings (SSSR count). The second-order valence-electron chi connectivity index (χ2n) is 9.44. The summed E-state index contributed by atoms with van der Waals surface area (Å²) in [5.41, 5.74) is 2.08. The van der Waals surface area contributed by atoms with Crippen molar-refractivity contribution < 1.29 is 13.9 Å². The van der Waals surface area contributed by atoms with Crippen molar-refractivity contribution in [2.24, 2.45) is 0 Å². The fourth-order valence-corrected chi connectivity index (χ4v) is 4.71. The lowest BCUT2D eigenvalue weighted by Crippen LogP contribution is -2.49. The van der Waals surface area contributed by atoms with Crippen molar-refractivity contribution in [2.75, 3.05) is 76.3 Å². The van der Waals surface area contributed by atoms with Gasteiger partial charge in [-0.3, -0.25) is 4.79 Å². The van der Waals surface area contributed by atoms with E-state index >= 15 is 0 Å². The Kier molecular flexibility index (Phi) is 8.27. The summed E-state index contributed by atoms with van der Waals surface area (Å²) >= 11 is 0. The minimum atomic E-state index is -0.468. The number of carbonyl (C=O) groups is 1. The topological polar surface area (TPSA) is 39.3 Å². The van der Waals surface area contributed by atoms with E-state index in [0.29, 0.717) is 13.1 Å². The molecule has 6 nitrogen and oxygen atoms in total. The van der Waals surface area contributed by atoms with Crippen LogP contribution in [0.25, 0.3) is 0 Å². The number of likely N-dealkylation sites (tertiary alicyclic amines) is 1. The summed E-state index contributed by atoms with van der Waals surface area (Å²) in [5.74, 6) is 0.186. The van der Waals surface area contributed by atoms with E-state index in [1.807, 2.05) is 31.1 Å². The van der Waals surface area contributed by atoms with Crippen molar-refractivity contribution in [3.63, 3.8) is 0 Å². The first-order valence-electron chi connectivity index (χ1n) is 12.5. The molecule has 1 amide bonds. The largest absolute Gasteiger partial charge is 0.494 e. The highest BCUT2D eigenvalue weighted by molar-refractivity contribution is 5.95. The van der Waals surface area contributed by atoms with Crippen molar-refractivity contribution in [3.05, 3.63) is 53.8 Å². The highest BCUT2D eigenvalue weighted by Crippen LogP contribution is 2.23. The summed E-state index contributed by atoms with van der Waals surface area (Å²) in [6.45, 7) is 6.88. The third-order valence-electron chi connectivity index (χ3n) is 6.80. The van der Waals surface area contributed by atoms with Crippen LogP contribution in [0.2, 0.25) is 0 Å². The minimum absolute atomic E-state index is 0.140. The van der Waals surface area contributed by atoms with Gasteiger partial charge in [0.05, 0.1) is 12.2 Å². The van der Waals surface area contributed by atoms with Crippen LogP contribution in [0.4, 0.5) is 15.8 Å². The van der Waals surface area contributed by atoms with Crippen LogP contribution in [0.1, 0.15) is 36.0 Å². The number of nitrogens with zero attached hydrogens (tertiary/aromatic N) is 4. The van der Waals surface area contributed by atoms with Gasteiger partial charge in [0.25, 0.3) is 5.91 Å². The zero-order valence-electron chi connectivity index (χ0n) is 20.5. The molecule has 34 heavy (non-hydrogen) atoms. The SMILES string of the molecule is CN(C)c1ccc(F)c(C(=O)N2CCN(c3ccc(OCCCN4CCCCC4)cc3)CC2)c1. The van der Waals surface area contributed by atoms with Crippen LogP contribution in [0, 0.1) is 5.82 Å². The van der Waals surface area contributed by atoms with Crippen LogP contribution in [-0.2, 0) is 0 Å². The lowest BCUT2D eigenvalue weighted by Gasteiger charge is -2.36. The van der Waals surface area contributed by atoms with Crippen LogP contribution in [0.5, 0.6) is 5.75 Å². The summed E-state index contributed by atoms with van der Waals surface area (Å²) in [4.78, 5) is 21.4. The van der Waals surface area contributed by atoms with Crippen LogP contribution >= 0.6 is 0 Å². The Labute approximate surface area is 202 Å². The Morgan fingerprint density at radius 1 is 0.941 bits per heavy atom. The van der Waals surface area contributed by atoms with E-state index in [-0.39, 0.29) is 11.5 Å². The van der Waals surface area contributed by atoms with Crippen LogP contribution in [0.15, 0.2) is 42.5 Å². The molecule has 0 aromatic heterocycles. The molecule has 2 aliphatic heterocycles. The van der Waals surface area contributed by atoms with Gasteiger partial charge in [0.15, 0.2) is 0 Å². The number of halogens is 1. The first-order valence-corrected chi connectivity index (χ1v) is 12.5. The molecule has 0 N–H and O–H groups in total. The predicted molar refractivity (Wildman–Crippen MR) is 136 cm³/mol. The highest BCUT2D eigenvalue weighted by Gasteiger charge is 2.25. The maximum absolute atomic E-state index is 14.3. The normalized spacial score (nSPS) is 17.0. The maximum Gasteiger partial charge on any atom is 0.257 e. The molecule has 2 saturated heterocycles. The Balaban J connectivity index is 1.24. The van der Waals surface area contributed by atoms with E-state index in [4.69, 9.17) is 4.74 Å². The van der Waals surface area contributed by atoms with Crippen LogP contribution in [0.3, 0.4) is 0 Å². The van der Waals surface area contributed by atoms with Crippen molar-refractivity contribution in [3.8, 4) is 5.75 Å². The molecule has 0 radical (unpaired) electrons. The molecule has 0 atom stereocenters. The second kappa shape index (κ2) is 11.6. The molecule has 0 spiro atoms. The van der Waals surface area contributed by atoms with Crippen molar-refractivity contribution >= 4 is 17.3 Å². The number of benzene rings is 2. The zero-order chi connectivity index (χ0) is 23.9. The minimum Gasteiger partial charge on any atom is -0.494 e. The van der Waals surface area contributed by atoms with Gasteiger partial charge in [0.2, 0.25) is 0 Å². The average molecular weight is 469 g/mol. The third-order valence-corrected chi connectivity index (χ3v) is 6.80. The first-order chi connectivity index (χ1) is 16.5. The van der Waals surface area contributed by atoms with E-state index in [0.717, 1.165) is 49.8 Å². The molecule has 2 aromatic carbocycles. The number of rotatable bonds is 8. The van der Waals surface area contributed by atoms with Gasteiger partial charge in [0.1, 0.15) is 11.6 Å². The molecular formula is C27H37FN4O2. The van der Waals surface area contributed by atoms with E-state index in [1.165, 1.54) is 38.4 Å². The molecule has 184 valence electrons. The Hall–Kier alpha value is -2.80. The lowest BCUT2D eigenvalue weighted by atomic mass is 10.1. The summed E-state index contributed by atoms with van der Waals surface area (Å²) in [7, 11) is 3.76. The van der Waals surface area contributed by atoms with Gasteiger partial charge in [-0.25, -0.2) is 4.39 Å². The van der Waals surface area contributed by atoms with E-state index in [2.05, 4.69) is 21.9 Å². The molecule has 7 heteroatoms. The number of hydrogen-bond donors (Lipinski definition) is 0. The first kappa shape index (κ1) is 24.3. The van der Waals surface area contributed by atoms with Crippen molar-refractivity contribution in [1.29, 1.82) is 0 Å². The smallest absolute Gasteiger partial charge is 0.257 e. The number of hydrogen-bond acceptors (Lipinski definition) is 5. The highest BCUT2D eigenvalue weighted by atomic mass is 19.1. The van der Waals surface area contributed by atoms with Gasteiger partial charge in [-0.15, -0.1) is 0 Å². The van der Waals surface area contributed by atoms with Crippen LogP contribution in [-0.4, -0.2) is 82.2 Å². The predicted octanol–water partition coefficient (Wildman–Crippen LogP) is 4.11. The zero-order valence-corrected chi connectivity index (χ0v) is 20.5. The summed E-state index contributed by atoms with van der Waals surface area (Å²) in [5, 5.41) is 0. The second-order valence-corrected chi connectivity index (χ2v) is 9.44. The fourth-order valence-electron chi connectivity index (χ4n) is 4.71. The monoisotopic (exact) mass is 468 g/mol. The molecule has 0 bridgehead atoms. The van der Waals surface area contributed by atoms with Gasteiger partial charge in [0, 0.05) is 58.2 Å². The number of piperazine rings is 1. The number of anilines is 2. The molecule has 0 aliphatic carbocycles. The van der Waals surface area contributed by atoms with Crippen molar-refractivity contribution in [1.82, 2.24) is 9.80 Å². The van der Waals surface area contributed by atoms with E-state index in [9.17, 15) is 9.18 Å². The number of ether oxygens (including phenoxy) is 1. The maximum atomic E-state index is 14.3. The summed E-state index contributed by atoms with van der Waals surface area (Å²) in [6.07, 6.45) is 5.07. The molecule has 0 saturated carbocycles. The molecule has 2 fully saturated rings. The van der Waals surface area contributed by atoms with Gasteiger partial charge in [-0.1, -0.05) is 6.42 Å². The Morgan fingerprint density at radius 2 is 1.65 bits per heavy atom. The van der Waals surface area contributed by atoms with Crippen molar-refractivity contribution in [2.45, 2.75) is 25.7 Å². The molecule has 2 aromatic rings. The average Bonchev–Trinajstić information content (AvgIpc) is 2.87. The lowest BCUT2D eigenvalue weighted by molar-refractivity contribution is 0.0742. The number of carbonyl (C=O) groups excluding carboxylic acids is 1. The summed E-state index contributed by atoms with van der Waals surface area (Å²) in [6, 6.07) is 12.9. The van der Waals surface area contributed by atoms with Gasteiger partial charge >= 0.3 is 0 Å².